The maximum atomic E-state index is 13.6. The zero-order valence-corrected chi connectivity index (χ0v) is 22.4. The van der Waals surface area contributed by atoms with Gasteiger partial charge >= 0.3 is 0 Å². The number of aryl methyl sites for hydroxylation is 1. The number of nitrogens with zero attached hydrogens (tertiary/aromatic N) is 4. The molecule has 1 aliphatic rings. The van der Waals surface area contributed by atoms with Gasteiger partial charge in [-0.05, 0) is 56.3 Å². The number of methoxy groups -OCH3 is 1. The molecule has 8 nitrogen and oxygen atoms in total. The fourth-order valence-corrected chi connectivity index (χ4v) is 5.45. The van der Waals surface area contributed by atoms with Gasteiger partial charge in [0.2, 0.25) is 0 Å². The predicted molar refractivity (Wildman–Crippen MR) is 143 cm³/mol. The lowest BCUT2D eigenvalue weighted by molar-refractivity contribution is 0.0637. The summed E-state index contributed by atoms with van der Waals surface area (Å²) < 4.78 is 7.63. The van der Waals surface area contributed by atoms with Crippen LogP contribution in [0.3, 0.4) is 0 Å². The number of benzene rings is 1. The largest absolute Gasteiger partial charge is 0.495 e. The third-order valence-corrected chi connectivity index (χ3v) is 7.89. The van der Waals surface area contributed by atoms with Gasteiger partial charge in [-0.25, -0.2) is 9.97 Å². The first-order valence-electron chi connectivity index (χ1n) is 11.5. The van der Waals surface area contributed by atoms with Crippen LogP contribution in [-0.4, -0.2) is 50.9 Å². The van der Waals surface area contributed by atoms with Crippen molar-refractivity contribution in [1.29, 1.82) is 0 Å². The zero-order chi connectivity index (χ0) is 25.6. The van der Waals surface area contributed by atoms with E-state index in [4.69, 9.17) is 9.72 Å². The van der Waals surface area contributed by atoms with Gasteiger partial charge in [0.15, 0.2) is 5.82 Å². The monoisotopic (exact) mass is 521 g/mol. The van der Waals surface area contributed by atoms with Gasteiger partial charge in [0.1, 0.15) is 17.1 Å². The Morgan fingerprint density at radius 1 is 1.25 bits per heavy atom. The highest BCUT2D eigenvalue weighted by Crippen LogP contribution is 2.43. The van der Waals surface area contributed by atoms with E-state index >= 15 is 0 Å². The Morgan fingerprint density at radius 3 is 2.69 bits per heavy atom. The standard InChI is InChI=1S/C26H27N5O3S2/c1-26(2,3)30(4)25(33)23-29-21(20-7-6-10-36-20)22-16-12-17(28-24(32)18-13-35-14-27-18)19(34-5)11-15(16)8-9-31(22)23/h6-7,10-14H,8-9H2,1-5H3,(H,28,32). The van der Waals surface area contributed by atoms with Crippen molar-refractivity contribution in [2.45, 2.75) is 39.3 Å². The van der Waals surface area contributed by atoms with Crippen molar-refractivity contribution in [2.24, 2.45) is 0 Å². The van der Waals surface area contributed by atoms with Crippen LogP contribution in [0.25, 0.3) is 21.8 Å². The van der Waals surface area contributed by atoms with E-state index in [0.29, 0.717) is 35.9 Å². The SMILES string of the molecule is COc1cc2c(cc1NC(=O)c1cscn1)-c1c(-c3cccs3)nc(C(=O)N(C)C(C)(C)C)n1CC2. The topological polar surface area (TPSA) is 89.3 Å². The fourth-order valence-electron chi connectivity index (χ4n) is 4.21. The third kappa shape index (κ3) is 4.20. The number of hydrogen-bond donors (Lipinski definition) is 1. The molecule has 1 aliphatic heterocycles. The van der Waals surface area contributed by atoms with Crippen LogP contribution >= 0.6 is 22.7 Å². The molecule has 0 bridgehead atoms. The minimum Gasteiger partial charge on any atom is -0.495 e. The number of ether oxygens (including phenoxy) is 1. The average Bonchev–Trinajstić information content (AvgIpc) is 3.62. The highest BCUT2D eigenvalue weighted by Gasteiger charge is 2.33. The van der Waals surface area contributed by atoms with Crippen molar-refractivity contribution in [3.05, 3.63) is 57.6 Å². The Morgan fingerprint density at radius 2 is 2.06 bits per heavy atom. The summed E-state index contributed by atoms with van der Waals surface area (Å²) in [5.74, 6) is 0.563. The molecule has 186 valence electrons. The molecule has 0 atom stereocenters. The van der Waals surface area contributed by atoms with Crippen molar-refractivity contribution < 1.29 is 14.3 Å². The molecule has 1 aromatic carbocycles. The van der Waals surface area contributed by atoms with Gasteiger partial charge in [-0.15, -0.1) is 22.7 Å². The van der Waals surface area contributed by atoms with E-state index in [2.05, 4.69) is 10.3 Å². The first-order chi connectivity index (χ1) is 17.2. The third-order valence-electron chi connectivity index (χ3n) is 6.42. The maximum Gasteiger partial charge on any atom is 0.290 e. The molecule has 0 spiro atoms. The first-order valence-corrected chi connectivity index (χ1v) is 13.3. The van der Waals surface area contributed by atoms with Gasteiger partial charge in [-0.1, -0.05) is 6.07 Å². The fraction of sp³-hybridized carbons (Fsp3) is 0.308. The highest BCUT2D eigenvalue weighted by atomic mass is 32.1. The molecule has 4 aromatic rings. The summed E-state index contributed by atoms with van der Waals surface area (Å²) >= 11 is 2.94. The van der Waals surface area contributed by atoms with Gasteiger partial charge in [0, 0.05) is 30.1 Å². The van der Waals surface area contributed by atoms with Crippen molar-refractivity contribution in [1.82, 2.24) is 19.4 Å². The predicted octanol–water partition coefficient (Wildman–Crippen LogP) is 5.42. The summed E-state index contributed by atoms with van der Waals surface area (Å²) in [6.45, 7) is 6.63. The smallest absolute Gasteiger partial charge is 0.290 e. The number of carbonyl (C=O) groups excluding carboxylic acids is 2. The molecular weight excluding hydrogens is 494 g/mol. The van der Waals surface area contributed by atoms with Crippen LogP contribution in [0.4, 0.5) is 5.69 Å². The van der Waals surface area contributed by atoms with Crippen LogP contribution in [0.2, 0.25) is 0 Å². The van der Waals surface area contributed by atoms with Gasteiger partial charge in [-0.2, -0.15) is 0 Å². The minimum absolute atomic E-state index is 0.124. The van der Waals surface area contributed by atoms with Crippen molar-refractivity contribution in [3.63, 3.8) is 0 Å². The van der Waals surface area contributed by atoms with E-state index in [-0.39, 0.29) is 17.4 Å². The summed E-state index contributed by atoms with van der Waals surface area (Å²) in [4.78, 5) is 38.1. The van der Waals surface area contributed by atoms with E-state index in [1.807, 2.05) is 62.0 Å². The Bertz CT molecular complexity index is 1430. The molecule has 3 aromatic heterocycles. The number of carbonyl (C=O) groups is 2. The summed E-state index contributed by atoms with van der Waals surface area (Å²) in [5, 5.41) is 6.65. The quantitative estimate of drug-likeness (QED) is 0.379. The molecule has 0 fully saturated rings. The highest BCUT2D eigenvalue weighted by molar-refractivity contribution is 7.13. The number of aromatic nitrogens is 3. The van der Waals surface area contributed by atoms with Gasteiger partial charge in [-0.3, -0.25) is 9.59 Å². The molecule has 1 N–H and O–H groups in total. The lowest BCUT2D eigenvalue weighted by atomic mass is 9.95. The van der Waals surface area contributed by atoms with E-state index < -0.39 is 0 Å². The number of thiophene rings is 1. The number of hydrogen-bond acceptors (Lipinski definition) is 7. The van der Waals surface area contributed by atoms with Crippen LogP contribution in [0, 0.1) is 0 Å². The second-order valence-electron chi connectivity index (χ2n) is 9.58. The lowest BCUT2D eigenvalue weighted by Gasteiger charge is -2.32. The Kier molecular flexibility index (Phi) is 6.17. The first kappa shape index (κ1) is 24.2. The molecule has 0 saturated carbocycles. The van der Waals surface area contributed by atoms with Crippen LogP contribution in [0.15, 0.2) is 40.5 Å². The van der Waals surface area contributed by atoms with Gasteiger partial charge < -0.3 is 19.5 Å². The number of thiazole rings is 1. The summed E-state index contributed by atoms with van der Waals surface area (Å²) in [5.41, 5.74) is 5.80. The molecule has 0 saturated heterocycles. The Labute approximate surface area is 217 Å². The number of nitrogens with one attached hydrogen (secondary N) is 1. The van der Waals surface area contributed by atoms with Crippen LogP contribution < -0.4 is 10.1 Å². The van der Waals surface area contributed by atoms with Crippen LogP contribution in [0.1, 0.15) is 47.4 Å². The van der Waals surface area contributed by atoms with Crippen LogP contribution in [-0.2, 0) is 13.0 Å². The van der Waals surface area contributed by atoms with Crippen molar-refractivity contribution in [2.75, 3.05) is 19.5 Å². The van der Waals surface area contributed by atoms with Crippen LogP contribution in [0.5, 0.6) is 5.75 Å². The number of rotatable bonds is 5. The lowest BCUT2D eigenvalue weighted by Crippen LogP contribution is -2.43. The number of amides is 2. The molecule has 2 amide bonds. The Hall–Kier alpha value is -3.50. The summed E-state index contributed by atoms with van der Waals surface area (Å²) in [6.07, 6.45) is 0.707. The molecule has 0 radical (unpaired) electrons. The summed E-state index contributed by atoms with van der Waals surface area (Å²) in [7, 11) is 3.39. The number of fused-ring (bicyclic) bond motifs is 3. The number of imidazole rings is 1. The molecule has 4 heterocycles. The number of anilines is 1. The van der Waals surface area contributed by atoms with Crippen molar-refractivity contribution >= 4 is 40.2 Å². The van der Waals surface area contributed by atoms with E-state index in [9.17, 15) is 9.59 Å². The van der Waals surface area contributed by atoms with E-state index in [0.717, 1.165) is 27.4 Å². The van der Waals surface area contributed by atoms with Gasteiger partial charge in [0.05, 0.1) is 28.9 Å². The average molecular weight is 522 g/mol. The molecule has 36 heavy (non-hydrogen) atoms. The zero-order valence-electron chi connectivity index (χ0n) is 20.8. The molecule has 5 rings (SSSR count). The van der Waals surface area contributed by atoms with E-state index in [1.165, 1.54) is 11.3 Å². The molecule has 0 aliphatic carbocycles. The second kappa shape index (κ2) is 9.18. The minimum atomic E-state index is -0.348. The maximum absolute atomic E-state index is 13.6. The van der Waals surface area contributed by atoms with E-state index in [1.54, 1.807) is 34.2 Å². The Balaban J connectivity index is 1.67. The molecular formula is C26H27N5O3S2. The second-order valence-corrected chi connectivity index (χ2v) is 11.3. The molecule has 10 heteroatoms. The van der Waals surface area contributed by atoms with Gasteiger partial charge in [0.25, 0.3) is 11.8 Å². The van der Waals surface area contributed by atoms with Crippen molar-refractivity contribution in [3.8, 4) is 27.6 Å². The normalized spacial score (nSPS) is 12.6. The summed E-state index contributed by atoms with van der Waals surface area (Å²) in [6, 6.07) is 7.87. The molecule has 0 unspecified atom stereocenters.